The number of furan rings is 1. The highest BCUT2D eigenvalue weighted by atomic mass is 16.3. The Morgan fingerprint density at radius 2 is 1.73 bits per heavy atom. The monoisotopic (exact) mass is 338 g/mol. The molecule has 126 valence electrons. The first-order valence-electron chi connectivity index (χ1n) is 8.59. The van der Waals surface area contributed by atoms with Gasteiger partial charge >= 0.3 is 0 Å². The minimum Gasteiger partial charge on any atom is -0.508 e. The number of rotatable bonds is 3. The number of hydrogen-bond acceptors (Lipinski definition) is 2. The second-order valence-electron chi connectivity index (χ2n) is 6.26. The number of aromatic hydroxyl groups is 1. The van der Waals surface area contributed by atoms with Gasteiger partial charge in [-0.3, -0.25) is 0 Å². The first-order valence-corrected chi connectivity index (χ1v) is 8.59. The lowest BCUT2D eigenvalue weighted by atomic mass is 9.99. The zero-order valence-electron chi connectivity index (χ0n) is 14.3. The van der Waals surface area contributed by atoms with Crippen molar-refractivity contribution < 1.29 is 9.52 Å². The molecular formula is C24H18O2. The molecule has 0 atom stereocenters. The summed E-state index contributed by atoms with van der Waals surface area (Å²) < 4.78 is 5.30. The average molecular weight is 338 g/mol. The lowest BCUT2D eigenvalue weighted by molar-refractivity contribution is 0.470. The van der Waals surface area contributed by atoms with E-state index in [0.717, 1.165) is 27.7 Å². The first-order chi connectivity index (χ1) is 12.8. The minimum atomic E-state index is 0.331. The fourth-order valence-corrected chi connectivity index (χ4v) is 3.01. The summed E-state index contributed by atoms with van der Waals surface area (Å²) in [4.78, 5) is 0. The summed E-state index contributed by atoms with van der Waals surface area (Å²) in [5, 5.41) is 12.4. The molecule has 4 rings (SSSR count). The topological polar surface area (TPSA) is 33.4 Å². The predicted octanol–water partition coefficient (Wildman–Crippen LogP) is 5.32. The van der Waals surface area contributed by atoms with E-state index in [1.54, 1.807) is 6.26 Å². The molecule has 0 radical (unpaired) electrons. The van der Waals surface area contributed by atoms with Crippen molar-refractivity contribution in [2.75, 3.05) is 0 Å². The predicted molar refractivity (Wildman–Crippen MR) is 104 cm³/mol. The zero-order chi connectivity index (χ0) is 17.8. The molecule has 4 aromatic rings. The van der Waals surface area contributed by atoms with E-state index in [9.17, 15) is 5.11 Å². The number of phenolic OH excluding ortho intramolecular Hbond substituents is 1. The van der Waals surface area contributed by atoms with Crippen molar-refractivity contribution >= 4 is 10.8 Å². The number of hydrogen-bond donors (Lipinski definition) is 1. The number of fused-ring (bicyclic) bond motifs is 1. The van der Waals surface area contributed by atoms with Crippen LogP contribution in [0.5, 0.6) is 5.75 Å². The van der Waals surface area contributed by atoms with Gasteiger partial charge in [0.15, 0.2) is 0 Å². The van der Waals surface area contributed by atoms with E-state index in [2.05, 4.69) is 36.1 Å². The normalized spacial score (nSPS) is 10.5. The van der Waals surface area contributed by atoms with Crippen molar-refractivity contribution in [2.24, 2.45) is 0 Å². The summed E-state index contributed by atoms with van der Waals surface area (Å²) in [6.07, 6.45) is 2.96. The van der Waals surface area contributed by atoms with Crippen molar-refractivity contribution in [3.8, 4) is 17.6 Å². The number of benzene rings is 3. The molecule has 2 heteroatoms. The summed E-state index contributed by atoms with van der Waals surface area (Å²) in [6, 6.07) is 23.9. The Kier molecular flexibility index (Phi) is 4.45. The smallest absolute Gasteiger partial charge is 0.119 e. The van der Waals surface area contributed by atoms with Crippen molar-refractivity contribution in [3.05, 3.63) is 102 Å². The maximum Gasteiger partial charge on any atom is 0.119 e. The lowest BCUT2D eigenvalue weighted by Crippen LogP contribution is -1.89. The number of phenols is 1. The third-order valence-electron chi connectivity index (χ3n) is 4.35. The Hall–Kier alpha value is -3.44. The minimum absolute atomic E-state index is 0.331. The SMILES string of the molecule is Oc1cc2ccc(C#CCc3ccco3)cc2cc1Cc1ccccc1. The van der Waals surface area contributed by atoms with Gasteiger partial charge in [0.25, 0.3) is 0 Å². The Morgan fingerprint density at radius 3 is 2.54 bits per heavy atom. The van der Waals surface area contributed by atoms with Gasteiger partial charge in [-0.25, -0.2) is 0 Å². The zero-order valence-corrected chi connectivity index (χ0v) is 14.3. The molecule has 0 spiro atoms. The van der Waals surface area contributed by atoms with Crippen molar-refractivity contribution in [1.82, 2.24) is 0 Å². The molecule has 0 aliphatic rings. The first kappa shape index (κ1) is 16.1. The van der Waals surface area contributed by atoms with Crippen LogP contribution in [0.25, 0.3) is 10.8 Å². The summed E-state index contributed by atoms with van der Waals surface area (Å²) >= 11 is 0. The fourth-order valence-electron chi connectivity index (χ4n) is 3.01. The van der Waals surface area contributed by atoms with Gasteiger partial charge in [-0.15, -0.1) is 0 Å². The largest absolute Gasteiger partial charge is 0.508 e. The van der Waals surface area contributed by atoms with Crippen LogP contribution < -0.4 is 0 Å². The molecule has 0 aliphatic carbocycles. The van der Waals surface area contributed by atoms with Gasteiger partial charge in [0.1, 0.15) is 11.5 Å². The highest BCUT2D eigenvalue weighted by Crippen LogP contribution is 2.27. The Labute approximate surface area is 152 Å². The summed E-state index contributed by atoms with van der Waals surface area (Å²) in [5.74, 6) is 7.53. The van der Waals surface area contributed by atoms with E-state index < -0.39 is 0 Å². The molecule has 2 nitrogen and oxygen atoms in total. The molecule has 1 aromatic heterocycles. The van der Waals surface area contributed by atoms with Gasteiger partial charge in [0.05, 0.1) is 12.7 Å². The van der Waals surface area contributed by atoms with Crippen LogP contribution in [-0.2, 0) is 12.8 Å². The maximum absolute atomic E-state index is 10.3. The summed E-state index contributed by atoms with van der Waals surface area (Å²) in [7, 11) is 0. The van der Waals surface area contributed by atoms with Gasteiger partial charge in [-0.1, -0.05) is 48.2 Å². The Morgan fingerprint density at radius 1 is 0.846 bits per heavy atom. The molecular weight excluding hydrogens is 320 g/mol. The lowest BCUT2D eigenvalue weighted by Gasteiger charge is -2.08. The van der Waals surface area contributed by atoms with Gasteiger partial charge < -0.3 is 9.52 Å². The third kappa shape index (κ3) is 3.63. The molecule has 0 saturated carbocycles. The van der Waals surface area contributed by atoms with Crippen molar-refractivity contribution in [1.29, 1.82) is 0 Å². The van der Waals surface area contributed by atoms with E-state index in [1.165, 1.54) is 5.56 Å². The van der Waals surface area contributed by atoms with E-state index in [4.69, 9.17) is 4.42 Å². The van der Waals surface area contributed by atoms with Crippen LogP contribution in [-0.4, -0.2) is 5.11 Å². The van der Waals surface area contributed by atoms with E-state index >= 15 is 0 Å². The molecule has 0 unspecified atom stereocenters. The second-order valence-corrected chi connectivity index (χ2v) is 6.26. The molecule has 0 saturated heterocycles. The second kappa shape index (κ2) is 7.21. The van der Waals surface area contributed by atoms with Gasteiger partial charge in [0, 0.05) is 12.0 Å². The molecule has 26 heavy (non-hydrogen) atoms. The van der Waals surface area contributed by atoms with Crippen LogP contribution in [0.2, 0.25) is 0 Å². The van der Waals surface area contributed by atoms with Crippen LogP contribution in [0.15, 0.2) is 83.5 Å². The fraction of sp³-hybridized carbons (Fsp3) is 0.0833. The van der Waals surface area contributed by atoms with Crippen molar-refractivity contribution in [3.63, 3.8) is 0 Å². The Balaban J connectivity index is 1.62. The van der Waals surface area contributed by atoms with E-state index in [-0.39, 0.29) is 0 Å². The van der Waals surface area contributed by atoms with Crippen LogP contribution in [0, 0.1) is 11.8 Å². The highest BCUT2D eigenvalue weighted by Gasteiger charge is 2.06. The summed E-state index contributed by atoms with van der Waals surface area (Å²) in [5.41, 5.74) is 3.06. The Bertz CT molecular complexity index is 1080. The highest BCUT2D eigenvalue weighted by molar-refractivity contribution is 5.86. The van der Waals surface area contributed by atoms with Crippen LogP contribution in [0.3, 0.4) is 0 Å². The van der Waals surface area contributed by atoms with Crippen molar-refractivity contribution in [2.45, 2.75) is 12.8 Å². The standard InChI is InChI=1S/C24H18O2/c25-24-17-20-12-11-19(8-4-9-23-10-5-13-26-23)14-21(20)16-22(24)15-18-6-2-1-3-7-18/h1-3,5-7,10-14,16-17,25H,9,15H2. The van der Waals surface area contributed by atoms with Gasteiger partial charge in [-0.2, -0.15) is 0 Å². The average Bonchev–Trinajstić information content (AvgIpc) is 3.17. The third-order valence-corrected chi connectivity index (χ3v) is 4.35. The molecule has 1 heterocycles. The van der Waals surface area contributed by atoms with Crippen LogP contribution >= 0.6 is 0 Å². The molecule has 0 aliphatic heterocycles. The quantitative estimate of drug-likeness (QED) is 0.513. The molecule has 3 aromatic carbocycles. The molecule has 1 N–H and O–H groups in total. The molecule has 0 bridgehead atoms. The van der Waals surface area contributed by atoms with Crippen LogP contribution in [0.4, 0.5) is 0 Å². The maximum atomic E-state index is 10.3. The molecule has 0 amide bonds. The van der Waals surface area contributed by atoms with E-state index in [1.807, 2.05) is 48.5 Å². The van der Waals surface area contributed by atoms with Gasteiger partial charge in [0.2, 0.25) is 0 Å². The van der Waals surface area contributed by atoms with Crippen LogP contribution in [0.1, 0.15) is 22.5 Å². The molecule has 0 fully saturated rings. The summed E-state index contributed by atoms with van der Waals surface area (Å²) in [6.45, 7) is 0. The van der Waals surface area contributed by atoms with Gasteiger partial charge in [-0.05, 0) is 58.3 Å². The van der Waals surface area contributed by atoms with E-state index in [0.29, 0.717) is 18.6 Å².